The number of hydrogen-bond acceptors (Lipinski definition) is 25. The second kappa shape index (κ2) is 29.5. The molecule has 33 heteroatoms. The van der Waals surface area contributed by atoms with E-state index in [2.05, 4.69) is 56.5 Å². The Kier molecular flexibility index (Phi) is 21.3. The molecule has 0 aliphatic carbocycles. The molecule has 0 unspecified atom stereocenters. The van der Waals surface area contributed by atoms with Gasteiger partial charge in [0, 0.05) is 73.9 Å². The lowest BCUT2D eigenvalue weighted by molar-refractivity contribution is -0.394. The monoisotopic (exact) mass is 1240 g/mol. The summed E-state index contributed by atoms with van der Waals surface area (Å²) in [5.41, 5.74) is 0.358. The minimum atomic E-state index is -4.97. The van der Waals surface area contributed by atoms with Crippen molar-refractivity contribution in [2.24, 2.45) is 0 Å². The van der Waals surface area contributed by atoms with Crippen LogP contribution in [-0.4, -0.2) is 115 Å². The first kappa shape index (κ1) is 63.4. The first-order valence-electron chi connectivity index (χ1n) is 26.4. The fraction of sp³-hybridized carbons (Fsp3) is 0.200. The summed E-state index contributed by atoms with van der Waals surface area (Å²) in [6, 6.07) is 32.7. The molecule has 2 aromatic heterocycles. The standard InChI is InChI=1S/C55H53N15O16S2/c71-67(72)43-22-20-37(46(34-43)69(75)76)9-7-27-85-28-8-14-50-61-51(63-53(62-50)58-40-10-3-1-4-11-40)32-36-15-16-38(48(31-36)87(79,80)81)17-18-39-19-21-42(33-49(39)88(82,83)84)60-55-65-52(64-54(66-55)59-41-12-5-2-6-13-41)57-26-30-86-29-25-56-45-24-23-44(68(73)74)35-47(45)70(77)78/h1-6,10-13,15-24,31,33-35,56H,7-9,14,25-30,32H2,(H,79,80,81)(H,82,83,84)(H,58,61,62,63)(H3,57,59,60,64,65,66)/b18-17+. The number of nitrogens with one attached hydrogen (secondary N) is 5. The van der Waals surface area contributed by atoms with Crippen LogP contribution in [-0.2, 0) is 49.0 Å². The van der Waals surface area contributed by atoms with Crippen molar-refractivity contribution in [3.05, 3.63) is 208 Å². The SMILES string of the molecule is O=[N+]([O-])c1ccc(CCCOCCCc2nc(Cc3ccc(/C=C/c4ccc(Nc5nc(NCCOCCNc6ccc([N+](=O)[O-])cc6[N+](=O)[O-])nc(Nc6ccccc6)n5)cc4S(=O)(=O)O)c(S(=O)(=O)O)c3)nc(Nc3ccccc3)n2)c([N+](=O)[O-])c1. The van der Waals surface area contributed by atoms with Gasteiger partial charge in [-0.15, -0.1) is 0 Å². The number of nitro benzene ring substituents is 4. The van der Waals surface area contributed by atoms with Crippen molar-refractivity contribution in [2.45, 2.75) is 41.9 Å². The summed E-state index contributed by atoms with van der Waals surface area (Å²) in [4.78, 5) is 68.2. The molecule has 0 amide bonds. The van der Waals surface area contributed by atoms with Gasteiger partial charge in [0.1, 0.15) is 27.1 Å². The molecule has 2 heterocycles. The Morgan fingerprint density at radius 3 is 1.56 bits per heavy atom. The van der Waals surface area contributed by atoms with E-state index in [1.165, 1.54) is 54.6 Å². The van der Waals surface area contributed by atoms with Crippen molar-refractivity contribution in [3.63, 3.8) is 0 Å². The van der Waals surface area contributed by atoms with Crippen LogP contribution in [0.25, 0.3) is 12.2 Å². The molecule has 0 saturated heterocycles. The highest BCUT2D eigenvalue weighted by Crippen LogP contribution is 2.31. The maximum Gasteiger partial charge on any atom is 0.299 e. The normalized spacial score (nSPS) is 11.5. The second-order valence-corrected chi connectivity index (χ2v) is 21.6. The summed E-state index contributed by atoms with van der Waals surface area (Å²) >= 11 is 0. The molecule has 0 aliphatic heterocycles. The summed E-state index contributed by atoms with van der Waals surface area (Å²) in [6.07, 6.45) is 3.85. The lowest BCUT2D eigenvalue weighted by Crippen LogP contribution is -2.17. The van der Waals surface area contributed by atoms with Crippen LogP contribution in [0.2, 0.25) is 0 Å². The summed E-state index contributed by atoms with van der Waals surface area (Å²) in [5, 5.41) is 60.2. The maximum absolute atomic E-state index is 12.9. The topological polar surface area (TPSA) is 437 Å². The summed E-state index contributed by atoms with van der Waals surface area (Å²) in [5.74, 6) is 0.804. The van der Waals surface area contributed by atoms with Gasteiger partial charge in [-0.3, -0.25) is 49.6 Å². The quantitative estimate of drug-likeness (QED) is 0.00678. The molecule has 31 nitrogen and oxygen atoms in total. The van der Waals surface area contributed by atoms with Gasteiger partial charge in [-0.2, -0.15) is 41.8 Å². The summed E-state index contributed by atoms with van der Waals surface area (Å²) in [6.45, 7) is 0.947. The molecule has 7 N–H and O–H groups in total. The molecule has 88 heavy (non-hydrogen) atoms. The second-order valence-electron chi connectivity index (χ2n) is 18.8. The average Bonchev–Trinajstić information content (AvgIpc) is 1.53. The minimum Gasteiger partial charge on any atom is -0.381 e. The molecule has 456 valence electrons. The van der Waals surface area contributed by atoms with Crippen LogP contribution in [0.15, 0.2) is 143 Å². The van der Waals surface area contributed by atoms with Crippen molar-refractivity contribution in [1.82, 2.24) is 29.9 Å². The van der Waals surface area contributed by atoms with Crippen LogP contribution >= 0.6 is 0 Å². The number of aromatic nitrogens is 6. The van der Waals surface area contributed by atoms with Crippen LogP contribution in [0.5, 0.6) is 0 Å². The molecule has 6 aromatic carbocycles. The van der Waals surface area contributed by atoms with Gasteiger partial charge in [0.25, 0.3) is 43.0 Å². The lowest BCUT2D eigenvalue weighted by atomic mass is 10.1. The Morgan fingerprint density at radius 2 is 0.966 bits per heavy atom. The van der Waals surface area contributed by atoms with Crippen molar-refractivity contribution in [2.75, 3.05) is 66.1 Å². The number of benzene rings is 6. The highest BCUT2D eigenvalue weighted by molar-refractivity contribution is 7.86. The van der Waals surface area contributed by atoms with Gasteiger partial charge in [-0.05, 0) is 90.6 Å². The van der Waals surface area contributed by atoms with Gasteiger partial charge in [0.15, 0.2) is 0 Å². The van der Waals surface area contributed by atoms with E-state index in [-0.39, 0.29) is 116 Å². The summed E-state index contributed by atoms with van der Waals surface area (Å²) in [7, 11) is -9.90. The average molecular weight is 1240 g/mol. The van der Waals surface area contributed by atoms with Crippen molar-refractivity contribution >= 4 is 102 Å². The largest absolute Gasteiger partial charge is 0.381 e. The molecule has 0 aliphatic rings. The molecule has 0 saturated carbocycles. The number of para-hydroxylation sites is 2. The van der Waals surface area contributed by atoms with E-state index in [1.54, 1.807) is 48.5 Å². The molecule has 0 bridgehead atoms. The molecule has 0 radical (unpaired) electrons. The predicted octanol–water partition coefficient (Wildman–Crippen LogP) is 9.30. The van der Waals surface area contributed by atoms with Crippen molar-refractivity contribution in [1.29, 1.82) is 0 Å². The Bertz CT molecular complexity index is 3860. The zero-order chi connectivity index (χ0) is 62.8. The zero-order valence-electron chi connectivity index (χ0n) is 46.0. The van der Waals surface area contributed by atoms with Gasteiger partial charge in [0.2, 0.25) is 23.8 Å². The molecular formula is C55H53N15O16S2. The fourth-order valence-corrected chi connectivity index (χ4v) is 9.92. The number of nitro groups is 4. The van der Waals surface area contributed by atoms with Gasteiger partial charge < -0.3 is 36.1 Å². The molecule has 0 atom stereocenters. The van der Waals surface area contributed by atoms with E-state index < -0.39 is 61.1 Å². The van der Waals surface area contributed by atoms with Gasteiger partial charge in [-0.25, -0.2) is 4.98 Å². The lowest BCUT2D eigenvalue weighted by Gasteiger charge is -2.13. The first-order valence-corrected chi connectivity index (χ1v) is 29.3. The minimum absolute atomic E-state index is 0.0420. The van der Waals surface area contributed by atoms with E-state index >= 15 is 0 Å². The number of aryl methyl sites for hydroxylation is 2. The van der Waals surface area contributed by atoms with Gasteiger partial charge in [-0.1, -0.05) is 66.7 Å². The fourth-order valence-electron chi connectivity index (χ4n) is 8.47. The zero-order valence-corrected chi connectivity index (χ0v) is 47.7. The third-order valence-electron chi connectivity index (χ3n) is 12.5. The van der Waals surface area contributed by atoms with Crippen LogP contribution in [0.3, 0.4) is 0 Å². The van der Waals surface area contributed by atoms with Gasteiger partial charge in [0.05, 0.1) is 45.0 Å². The molecule has 0 spiro atoms. The molecule has 8 aromatic rings. The Morgan fingerprint density at radius 1 is 0.466 bits per heavy atom. The van der Waals surface area contributed by atoms with E-state index in [0.29, 0.717) is 47.6 Å². The van der Waals surface area contributed by atoms with Crippen LogP contribution in [0.1, 0.15) is 46.7 Å². The van der Waals surface area contributed by atoms with Crippen LogP contribution in [0.4, 0.5) is 69.3 Å². The molecule has 8 rings (SSSR count). The maximum atomic E-state index is 12.9. The predicted molar refractivity (Wildman–Crippen MR) is 321 cm³/mol. The van der Waals surface area contributed by atoms with Crippen molar-refractivity contribution in [3.8, 4) is 0 Å². The number of hydrogen-bond donors (Lipinski definition) is 7. The number of ether oxygens (including phenoxy) is 2. The number of anilines is 8. The van der Waals surface area contributed by atoms with Crippen LogP contribution < -0.4 is 26.6 Å². The smallest absolute Gasteiger partial charge is 0.299 e. The van der Waals surface area contributed by atoms with E-state index in [1.807, 2.05) is 18.2 Å². The molecular weight excluding hydrogens is 1190 g/mol. The molecule has 0 fully saturated rings. The first-order chi connectivity index (χ1) is 42.1. The van der Waals surface area contributed by atoms with E-state index in [4.69, 9.17) is 9.47 Å². The van der Waals surface area contributed by atoms with Crippen molar-refractivity contribution < 1.29 is 55.1 Å². The van der Waals surface area contributed by atoms with Gasteiger partial charge >= 0.3 is 0 Å². The highest BCUT2D eigenvalue weighted by atomic mass is 32.2. The third-order valence-corrected chi connectivity index (χ3v) is 14.3. The number of rotatable bonds is 32. The highest BCUT2D eigenvalue weighted by Gasteiger charge is 2.23. The number of non-ortho nitro benzene ring substituents is 2. The Balaban J connectivity index is 0.933. The van der Waals surface area contributed by atoms with E-state index in [9.17, 15) is 66.4 Å². The van der Waals surface area contributed by atoms with E-state index in [0.717, 1.165) is 24.3 Å². The Hall–Kier alpha value is -10.6. The Labute approximate surface area is 500 Å². The third kappa shape index (κ3) is 18.5. The summed E-state index contributed by atoms with van der Waals surface area (Å²) < 4.78 is 84.0. The number of nitrogens with zero attached hydrogens (tertiary/aromatic N) is 10. The van der Waals surface area contributed by atoms with Crippen LogP contribution in [0, 0.1) is 40.5 Å².